The molecule has 1 amide bonds. The standard InChI is InChI=1S/C24H31N3O2/c1-4-11-27(12-5-2)22-10-9-19-13-18(7-8-20(19)15-22)14-21(16-25)24(29)26-17-23(28)6-3/h7-10,13-15,23,28H,4-6,11-12,17H2,1-3H3,(H,26,29)/b21-14+. The van der Waals surface area contributed by atoms with Crippen molar-refractivity contribution in [3.63, 3.8) is 0 Å². The highest BCUT2D eigenvalue weighted by atomic mass is 16.3. The minimum Gasteiger partial charge on any atom is -0.391 e. The molecule has 0 fully saturated rings. The summed E-state index contributed by atoms with van der Waals surface area (Å²) in [5.41, 5.74) is 2.05. The van der Waals surface area contributed by atoms with E-state index in [9.17, 15) is 15.2 Å². The summed E-state index contributed by atoms with van der Waals surface area (Å²) in [6, 6.07) is 14.3. The lowest BCUT2D eigenvalue weighted by Crippen LogP contribution is -2.32. The third-order valence-electron chi connectivity index (χ3n) is 4.85. The first kappa shape index (κ1) is 22.4. The Morgan fingerprint density at radius 2 is 1.79 bits per heavy atom. The summed E-state index contributed by atoms with van der Waals surface area (Å²) in [4.78, 5) is 14.6. The van der Waals surface area contributed by atoms with Gasteiger partial charge in [0.15, 0.2) is 0 Å². The van der Waals surface area contributed by atoms with Gasteiger partial charge in [-0.05, 0) is 59.9 Å². The van der Waals surface area contributed by atoms with Crippen LogP contribution in [0, 0.1) is 11.3 Å². The number of carbonyl (C=O) groups is 1. The van der Waals surface area contributed by atoms with Crippen LogP contribution in [0.4, 0.5) is 5.69 Å². The molecule has 5 heteroatoms. The molecular formula is C24H31N3O2. The lowest BCUT2D eigenvalue weighted by molar-refractivity contribution is -0.117. The molecule has 2 aromatic rings. The zero-order chi connectivity index (χ0) is 21.2. The van der Waals surface area contributed by atoms with E-state index < -0.39 is 12.0 Å². The molecular weight excluding hydrogens is 362 g/mol. The van der Waals surface area contributed by atoms with Gasteiger partial charge in [0.2, 0.25) is 0 Å². The number of aliphatic hydroxyl groups is 1. The van der Waals surface area contributed by atoms with E-state index in [0.717, 1.165) is 42.3 Å². The highest BCUT2D eigenvalue weighted by molar-refractivity contribution is 6.02. The van der Waals surface area contributed by atoms with Crippen LogP contribution in [-0.2, 0) is 4.79 Å². The number of hydrogen-bond donors (Lipinski definition) is 2. The van der Waals surface area contributed by atoms with E-state index in [-0.39, 0.29) is 12.1 Å². The molecule has 2 aromatic carbocycles. The zero-order valence-electron chi connectivity index (χ0n) is 17.6. The topological polar surface area (TPSA) is 76.4 Å². The number of amides is 1. The number of rotatable bonds is 10. The number of fused-ring (bicyclic) bond motifs is 1. The van der Waals surface area contributed by atoms with Gasteiger partial charge in [-0.3, -0.25) is 4.79 Å². The molecule has 154 valence electrons. The second-order valence-electron chi connectivity index (χ2n) is 7.22. The molecule has 29 heavy (non-hydrogen) atoms. The Hall–Kier alpha value is -2.84. The predicted octanol–water partition coefficient (Wildman–Crippen LogP) is 4.26. The third kappa shape index (κ3) is 6.33. The van der Waals surface area contributed by atoms with E-state index in [2.05, 4.69) is 42.3 Å². The van der Waals surface area contributed by atoms with Gasteiger partial charge in [-0.25, -0.2) is 0 Å². The van der Waals surface area contributed by atoms with Crippen LogP contribution in [0.3, 0.4) is 0 Å². The minimum absolute atomic E-state index is 0.0290. The number of hydrogen-bond acceptors (Lipinski definition) is 4. The Kier molecular flexibility index (Phi) is 8.69. The molecule has 0 aliphatic heterocycles. The Bertz CT molecular complexity index is 893. The van der Waals surface area contributed by atoms with Gasteiger partial charge in [0.05, 0.1) is 6.10 Å². The van der Waals surface area contributed by atoms with Crippen molar-refractivity contribution in [3.8, 4) is 6.07 Å². The number of carbonyl (C=O) groups excluding carboxylic acids is 1. The third-order valence-corrected chi connectivity index (χ3v) is 4.85. The van der Waals surface area contributed by atoms with Gasteiger partial charge < -0.3 is 15.3 Å². The lowest BCUT2D eigenvalue weighted by Gasteiger charge is -2.24. The van der Waals surface area contributed by atoms with Crippen molar-refractivity contribution in [1.29, 1.82) is 5.26 Å². The molecule has 0 saturated carbocycles. The van der Waals surface area contributed by atoms with Gasteiger partial charge in [0, 0.05) is 25.3 Å². The molecule has 0 bridgehead atoms. The molecule has 0 aliphatic carbocycles. The van der Waals surface area contributed by atoms with Crippen LogP contribution in [0.5, 0.6) is 0 Å². The number of nitriles is 1. The van der Waals surface area contributed by atoms with Gasteiger partial charge in [-0.15, -0.1) is 0 Å². The van der Waals surface area contributed by atoms with Crippen molar-refractivity contribution in [1.82, 2.24) is 5.32 Å². The molecule has 0 saturated heterocycles. The fourth-order valence-electron chi connectivity index (χ4n) is 3.21. The van der Waals surface area contributed by atoms with Gasteiger partial charge in [0.25, 0.3) is 5.91 Å². The molecule has 5 nitrogen and oxygen atoms in total. The van der Waals surface area contributed by atoms with Crippen molar-refractivity contribution in [2.75, 3.05) is 24.5 Å². The molecule has 0 aromatic heterocycles. The van der Waals surface area contributed by atoms with Crippen molar-refractivity contribution in [2.24, 2.45) is 0 Å². The van der Waals surface area contributed by atoms with Crippen LogP contribution < -0.4 is 10.2 Å². The van der Waals surface area contributed by atoms with Crippen LogP contribution in [0.25, 0.3) is 16.8 Å². The number of nitrogens with zero attached hydrogens (tertiary/aromatic N) is 2. The quantitative estimate of drug-likeness (QED) is 0.467. The highest BCUT2D eigenvalue weighted by Gasteiger charge is 2.11. The smallest absolute Gasteiger partial charge is 0.262 e. The second-order valence-corrected chi connectivity index (χ2v) is 7.22. The average Bonchev–Trinajstić information content (AvgIpc) is 2.74. The number of nitrogens with one attached hydrogen (secondary N) is 1. The Labute approximate surface area is 173 Å². The summed E-state index contributed by atoms with van der Waals surface area (Å²) in [6.07, 6.45) is 3.74. The number of aliphatic hydroxyl groups excluding tert-OH is 1. The monoisotopic (exact) mass is 393 g/mol. The van der Waals surface area contributed by atoms with E-state index in [1.165, 1.54) is 5.69 Å². The Morgan fingerprint density at radius 1 is 1.14 bits per heavy atom. The zero-order valence-corrected chi connectivity index (χ0v) is 17.6. The van der Waals surface area contributed by atoms with Crippen LogP contribution in [0.1, 0.15) is 45.6 Å². The molecule has 0 spiro atoms. The largest absolute Gasteiger partial charge is 0.391 e. The normalized spacial score (nSPS) is 12.4. The summed E-state index contributed by atoms with van der Waals surface area (Å²) in [6.45, 7) is 8.42. The highest BCUT2D eigenvalue weighted by Crippen LogP contribution is 2.24. The summed E-state index contributed by atoms with van der Waals surface area (Å²) < 4.78 is 0. The van der Waals surface area contributed by atoms with E-state index in [4.69, 9.17) is 0 Å². The summed E-state index contributed by atoms with van der Waals surface area (Å²) in [5.74, 6) is -0.467. The maximum atomic E-state index is 12.2. The number of benzene rings is 2. The average molecular weight is 394 g/mol. The first-order valence-electron chi connectivity index (χ1n) is 10.4. The molecule has 2 N–H and O–H groups in total. The van der Waals surface area contributed by atoms with Crippen LogP contribution in [-0.4, -0.2) is 36.8 Å². The van der Waals surface area contributed by atoms with Crippen molar-refractivity contribution >= 4 is 28.4 Å². The Balaban J connectivity index is 2.24. The van der Waals surface area contributed by atoms with Gasteiger partial charge >= 0.3 is 0 Å². The van der Waals surface area contributed by atoms with Crippen molar-refractivity contribution in [2.45, 2.75) is 46.1 Å². The summed E-state index contributed by atoms with van der Waals surface area (Å²) in [7, 11) is 0. The van der Waals surface area contributed by atoms with E-state index in [1.54, 1.807) is 6.08 Å². The van der Waals surface area contributed by atoms with Gasteiger partial charge in [-0.1, -0.05) is 39.0 Å². The molecule has 1 atom stereocenters. The minimum atomic E-state index is -0.603. The van der Waals surface area contributed by atoms with E-state index in [1.807, 2.05) is 31.2 Å². The first-order valence-corrected chi connectivity index (χ1v) is 10.4. The fourth-order valence-corrected chi connectivity index (χ4v) is 3.21. The van der Waals surface area contributed by atoms with Crippen molar-refractivity contribution in [3.05, 3.63) is 47.5 Å². The Morgan fingerprint density at radius 3 is 2.41 bits per heavy atom. The van der Waals surface area contributed by atoms with Crippen LogP contribution in [0.2, 0.25) is 0 Å². The fraction of sp³-hybridized carbons (Fsp3) is 0.417. The van der Waals surface area contributed by atoms with Crippen LogP contribution in [0.15, 0.2) is 42.0 Å². The maximum absolute atomic E-state index is 12.2. The van der Waals surface area contributed by atoms with E-state index >= 15 is 0 Å². The van der Waals surface area contributed by atoms with E-state index in [0.29, 0.717) is 6.42 Å². The molecule has 0 radical (unpaired) electrons. The SMILES string of the molecule is CCCN(CCC)c1ccc2cc(/C=C(\C#N)C(=O)NCC(O)CC)ccc2c1. The van der Waals surface area contributed by atoms with Crippen molar-refractivity contribution < 1.29 is 9.90 Å². The van der Waals surface area contributed by atoms with Gasteiger partial charge in [-0.2, -0.15) is 5.26 Å². The lowest BCUT2D eigenvalue weighted by atomic mass is 10.0. The molecule has 2 rings (SSSR count). The molecule has 1 unspecified atom stereocenters. The first-order chi connectivity index (χ1) is 14.0. The van der Waals surface area contributed by atoms with Crippen LogP contribution >= 0.6 is 0 Å². The second kappa shape index (κ2) is 11.2. The molecule has 0 aliphatic rings. The maximum Gasteiger partial charge on any atom is 0.262 e. The predicted molar refractivity (Wildman–Crippen MR) is 120 cm³/mol. The molecule has 0 heterocycles. The summed E-state index contributed by atoms with van der Waals surface area (Å²) >= 11 is 0. The van der Waals surface area contributed by atoms with Gasteiger partial charge in [0.1, 0.15) is 11.6 Å². The summed E-state index contributed by atoms with van der Waals surface area (Å²) in [5, 5.41) is 23.7. The number of anilines is 1.